The molecule has 1 aromatic carbocycles. The number of hydrogen-bond acceptors (Lipinski definition) is 2. The van der Waals surface area contributed by atoms with Crippen LogP contribution in [0.5, 0.6) is 5.75 Å². The van der Waals surface area contributed by atoms with Gasteiger partial charge in [0.05, 0.1) is 0 Å². The lowest BCUT2D eigenvalue weighted by molar-refractivity contribution is 0.233. The standard InChI is InChI=1S/C10H13F2NO.ClH/c1-10(2,13)6-14-9-4-3-7(11)5-8(9)12;/h3-5H,6,13H2,1-2H3;1H. The average Bonchev–Trinajstić information content (AvgIpc) is 2.00. The van der Waals surface area contributed by atoms with Crippen LogP contribution < -0.4 is 10.5 Å². The minimum atomic E-state index is -0.714. The Kier molecular flexibility index (Phi) is 4.97. The number of nitrogens with two attached hydrogens (primary N) is 1. The molecule has 86 valence electrons. The Balaban J connectivity index is 0.00000196. The summed E-state index contributed by atoms with van der Waals surface area (Å²) in [6, 6.07) is 3.16. The van der Waals surface area contributed by atoms with Gasteiger partial charge in [0.25, 0.3) is 0 Å². The Morgan fingerprint density at radius 3 is 2.40 bits per heavy atom. The molecular weight excluding hydrogens is 224 g/mol. The zero-order valence-corrected chi connectivity index (χ0v) is 9.41. The van der Waals surface area contributed by atoms with Gasteiger partial charge >= 0.3 is 0 Å². The molecule has 0 heterocycles. The third-order valence-electron chi connectivity index (χ3n) is 1.49. The maximum atomic E-state index is 13.0. The van der Waals surface area contributed by atoms with Crippen molar-refractivity contribution in [2.45, 2.75) is 19.4 Å². The van der Waals surface area contributed by atoms with Crippen LogP contribution in [0, 0.1) is 11.6 Å². The van der Waals surface area contributed by atoms with Crippen molar-refractivity contribution in [2.75, 3.05) is 6.61 Å². The number of halogens is 3. The van der Waals surface area contributed by atoms with Gasteiger partial charge in [-0.05, 0) is 26.0 Å². The molecule has 0 unspecified atom stereocenters. The van der Waals surface area contributed by atoms with E-state index in [-0.39, 0.29) is 24.8 Å². The molecule has 0 aliphatic carbocycles. The van der Waals surface area contributed by atoms with Gasteiger partial charge in [0.2, 0.25) is 0 Å². The number of ether oxygens (including phenoxy) is 1. The molecule has 0 amide bonds. The highest BCUT2D eigenvalue weighted by Gasteiger charge is 2.13. The van der Waals surface area contributed by atoms with E-state index >= 15 is 0 Å². The average molecular weight is 238 g/mol. The molecule has 0 aromatic heterocycles. The van der Waals surface area contributed by atoms with Crippen LogP contribution in [-0.4, -0.2) is 12.1 Å². The highest BCUT2D eigenvalue weighted by Crippen LogP contribution is 2.18. The molecule has 0 fully saturated rings. The SMILES string of the molecule is CC(C)(N)COc1ccc(F)cc1F.Cl. The van der Waals surface area contributed by atoms with Crippen LogP contribution in [0.25, 0.3) is 0 Å². The molecule has 1 aromatic rings. The van der Waals surface area contributed by atoms with Gasteiger partial charge in [0, 0.05) is 11.6 Å². The molecule has 0 saturated carbocycles. The van der Waals surface area contributed by atoms with Gasteiger partial charge in [-0.1, -0.05) is 0 Å². The second-order valence-corrected chi connectivity index (χ2v) is 3.85. The van der Waals surface area contributed by atoms with Crippen molar-refractivity contribution in [3.8, 4) is 5.75 Å². The van der Waals surface area contributed by atoms with Crippen molar-refractivity contribution in [1.82, 2.24) is 0 Å². The van der Waals surface area contributed by atoms with Crippen LogP contribution in [0.15, 0.2) is 18.2 Å². The smallest absolute Gasteiger partial charge is 0.167 e. The number of hydrogen-bond donors (Lipinski definition) is 1. The first-order valence-electron chi connectivity index (χ1n) is 4.25. The molecule has 0 spiro atoms. The van der Waals surface area contributed by atoms with Gasteiger partial charge in [-0.3, -0.25) is 0 Å². The van der Waals surface area contributed by atoms with Gasteiger partial charge in [-0.15, -0.1) is 12.4 Å². The highest BCUT2D eigenvalue weighted by molar-refractivity contribution is 5.85. The zero-order valence-electron chi connectivity index (χ0n) is 8.59. The van der Waals surface area contributed by atoms with Gasteiger partial charge in [-0.2, -0.15) is 0 Å². The molecule has 2 N–H and O–H groups in total. The fourth-order valence-corrected chi connectivity index (χ4v) is 0.856. The molecular formula is C10H14ClF2NO. The molecule has 0 radical (unpaired) electrons. The molecule has 0 aliphatic heterocycles. The monoisotopic (exact) mass is 237 g/mol. The highest BCUT2D eigenvalue weighted by atomic mass is 35.5. The molecule has 1 rings (SSSR count). The van der Waals surface area contributed by atoms with Crippen LogP contribution in [0.2, 0.25) is 0 Å². The predicted molar refractivity (Wildman–Crippen MR) is 57.4 cm³/mol. The van der Waals surface area contributed by atoms with E-state index < -0.39 is 17.2 Å². The molecule has 0 aliphatic rings. The van der Waals surface area contributed by atoms with E-state index in [1.165, 1.54) is 6.07 Å². The van der Waals surface area contributed by atoms with Gasteiger partial charge in [0.15, 0.2) is 11.6 Å². The third kappa shape index (κ3) is 4.95. The summed E-state index contributed by atoms with van der Waals surface area (Å²) in [6.45, 7) is 3.69. The molecule has 5 heteroatoms. The lowest BCUT2D eigenvalue weighted by Crippen LogP contribution is -2.38. The lowest BCUT2D eigenvalue weighted by atomic mass is 10.1. The predicted octanol–water partition coefficient (Wildman–Crippen LogP) is 2.50. The second-order valence-electron chi connectivity index (χ2n) is 3.85. The summed E-state index contributed by atoms with van der Waals surface area (Å²) in [5.74, 6) is -1.32. The first kappa shape index (κ1) is 14.1. The van der Waals surface area contributed by atoms with Gasteiger partial charge < -0.3 is 10.5 Å². The molecule has 15 heavy (non-hydrogen) atoms. The van der Waals surface area contributed by atoms with E-state index in [0.717, 1.165) is 12.1 Å². The van der Waals surface area contributed by atoms with Crippen molar-refractivity contribution in [3.63, 3.8) is 0 Å². The zero-order chi connectivity index (χ0) is 10.8. The topological polar surface area (TPSA) is 35.2 Å². The Hall–Kier alpha value is -0.870. The Morgan fingerprint density at radius 2 is 1.93 bits per heavy atom. The summed E-state index contributed by atoms with van der Waals surface area (Å²) in [6.07, 6.45) is 0. The van der Waals surface area contributed by atoms with Crippen molar-refractivity contribution >= 4 is 12.4 Å². The number of rotatable bonds is 3. The van der Waals surface area contributed by atoms with E-state index in [9.17, 15) is 8.78 Å². The van der Waals surface area contributed by atoms with Gasteiger partial charge in [-0.25, -0.2) is 8.78 Å². The number of benzene rings is 1. The fraction of sp³-hybridized carbons (Fsp3) is 0.400. The van der Waals surface area contributed by atoms with E-state index in [4.69, 9.17) is 10.5 Å². The summed E-state index contributed by atoms with van der Waals surface area (Å²) in [5.41, 5.74) is 5.10. The largest absolute Gasteiger partial charge is 0.489 e. The maximum absolute atomic E-state index is 13.0. The quantitative estimate of drug-likeness (QED) is 0.877. The van der Waals surface area contributed by atoms with Crippen LogP contribution in [0.4, 0.5) is 8.78 Å². The van der Waals surface area contributed by atoms with Crippen molar-refractivity contribution < 1.29 is 13.5 Å². The van der Waals surface area contributed by atoms with Crippen LogP contribution in [0.3, 0.4) is 0 Å². The van der Waals surface area contributed by atoms with Crippen molar-refractivity contribution in [2.24, 2.45) is 5.73 Å². The lowest BCUT2D eigenvalue weighted by Gasteiger charge is -2.19. The maximum Gasteiger partial charge on any atom is 0.167 e. The van der Waals surface area contributed by atoms with Gasteiger partial charge in [0.1, 0.15) is 12.4 Å². The Labute approximate surface area is 93.8 Å². The summed E-state index contributed by atoms with van der Waals surface area (Å²) >= 11 is 0. The van der Waals surface area contributed by atoms with Crippen LogP contribution >= 0.6 is 12.4 Å². The molecule has 0 saturated heterocycles. The normalized spacial score (nSPS) is 10.7. The van der Waals surface area contributed by atoms with Crippen LogP contribution in [0.1, 0.15) is 13.8 Å². The van der Waals surface area contributed by atoms with Crippen molar-refractivity contribution in [3.05, 3.63) is 29.8 Å². The molecule has 2 nitrogen and oxygen atoms in total. The first-order chi connectivity index (χ1) is 6.38. The third-order valence-corrected chi connectivity index (χ3v) is 1.49. The second kappa shape index (κ2) is 5.28. The summed E-state index contributed by atoms with van der Waals surface area (Å²) < 4.78 is 30.6. The molecule has 0 atom stereocenters. The minimum Gasteiger partial charge on any atom is -0.489 e. The van der Waals surface area contributed by atoms with E-state index in [1.807, 2.05) is 0 Å². The van der Waals surface area contributed by atoms with Crippen LogP contribution in [-0.2, 0) is 0 Å². The summed E-state index contributed by atoms with van der Waals surface area (Å²) in [5, 5.41) is 0. The van der Waals surface area contributed by atoms with Crippen molar-refractivity contribution in [1.29, 1.82) is 0 Å². The Morgan fingerprint density at radius 1 is 1.33 bits per heavy atom. The minimum absolute atomic E-state index is 0. The van der Waals surface area contributed by atoms with E-state index in [1.54, 1.807) is 13.8 Å². The first-order valence-corrected chi connectivity index (χ1v) is 4.25. The molecule has 0 bridgehead atoms. The van der Waals surface area contributed by atoms with E-state index in [2.05, 4.69) is 0 Å². The fourth-order valence-electron chi connectivity index (χ4n) is 0.856. The Bertz CT molecular complexity index is 326. The summed E-state index contributed by atoms with van der Waals surface area (Å²) in [4.78, 5) is 0. The summed E-state index contributed by atoms with van der Waals surface area (Å²) in [7, 11) is 0. The van der Waals surface area contributed by atoms with E-state index in [0.29, 0.717) is 0 Å².